The number of methoxy groups -OCH3 is 1. The normalized spacial score (nSPS) is 15.5. The minimum Gasteiger partial charge on any atom is -0.493 e. The van der Waals surface area contributed by atoms with E-state index in [1.807, 2.05) is 64.0 Å². The first-order valence-electron chi connectivity index (χ1n) is 15.7. The Labute approximate surface area is 268 Å². The van der Waals surface area contributed by atoms with Crippen molar-refractivity contribution in [3.8, 4) is 34.4 Å². The van der Waals surface area contributed by atoms with Crippen molar-refractivity contribution in [1.29, 1.82) is 0 Å². The molecular weight excluding hydrogens is 588 g/mol. The van der Waals surface area contributed by atoms with Crippen LogP contribution in [-0.4, -0.2) is 87.4 Å². The van der Waals surface area contributed by atoms with Gasteiger partial charge in [0, 0.05) is 64.1 Å². The number of carbonyl (C=O) groups is 2. The summed E-state index contributed by atoms with van der Waals surface area (Å²) in [5.41, 5.74) is 2.45. The number of aryl methyl sites for hydroxylation is 2. The molecule has 0 fully saturated rings. The Kier molecular flexibility index (Phi) is 9.70. The van der Waals surface area contributed by atoms with E-state index >= 15 is 0 Å². The van der Waals surface area contributed by atoms with E-state index in [0.717, 1.165) is 41.3 Å². The SMILES string of the molecule is COc1ccc2cc1OCCCN(C(=O)CCc1ccc3c(c1)OCO3)CCCCN(C(=O)c1cncn1C)CCn1ccnc1-2. The van der Waals surface area contributed by atoms with Crippen molar-refractivity contribution in [3.63, 3.8) is 0 Å². The summed E-state index contributed by atoms with van der Waals surface area (Å²) in [6, 6.07) is 11.6. The topological polar surface area (TPSA) is 113 Å². The minimum absolute atomic E-state index is 0.0728. The average molecular weight is 629 g/mol. The number of fused-ring (bicyclic) bond motifs is 5. The molecular formula is C34H40N6O6. The van der Waals surface area contributed by atoms with Gasteiger partial charge in [0.05, 0.1) is 26.2 Å². The second-order valence-electron chi connectivity index (χ2n) is 11.5. The van der Waals surface area contributed by atoms with Gasteiger partial charge in [-0.05, 0) is 61.6 Å². The van der Waals surface area contributed by atoms with E-state index in [4.69, 9.17) is 18.9 Å². The number of nitrogens with zero attached hydrogens (tertiary/aromatic N) is 6. The summed E-state index contributed by atoms with van der Waals surface area (Å²) in [6.45, 7) is 3.41. The lowest BCUT2D eigenvalue weighted by atomic mass is 10.1. The number of rotatable bonds is 5. The Morgan fingerprint density at radius 1 is 0.891 bits per heavy atom. The minimum atomic E-state index is -0.0728. The molecule has 0 unspecified atom stereocenters. The first-order chi connectivity index (χ1) is 22.5. The maximum absolute atomic E-state index is 13.6. The van der Waals surface area contributed by atoms with Crippen molar-refractivity contribution in [3.05, 3.63) is 72.6 Å². The molecule has 2 aliphatic rings. The molecule has 0 radical (unpaired) electrons. The molecule has 46 heavy (non-hydrogen) atoms. The highest BCUT2D eigenvalue weighted by Crippen LogP contribution is 2.34. The second kappa shape index (κ2) is 14.4. The summed E-state index contributed by atoms with van der Waals surface area (Å²) in [4.78, 5) is 39.7. The summed E-state index contributed by atoms with van der Waals surface area (Å²) in [6.07, 6.45) is 10.1. The molecule has 0 N–H and O–H groups in total. The molecule has 4 aromatic rings. The fourth-order valence-electron chi connectivity index (χ4n) is 5.86. The molecule has 6 rings (SSSR count). The Morgan fingerprint density at radius 2 is 1.72 bits per heavy atom. The number of benzene rings is 2. The van der Waals surface area contributed by atoms with Gasteiger partial charge in [-0.3, -0.25) is 9.59 Å². The molecule has 2 bridgehead atoms. The standard InChI is InChI=1S/C34H40N6O6/c1-37-23-35-22-27(37)34(42)40-14-4-3-13-38(32(41)11-7-25-6-9-29-30(20-25)46-24-45-29)15-5-19-44-31-21-26(8-10-28(31)43-2)33-36-12-16-39(33)17-18-40/h6,8-10,12,16,20-23H,3-5,7,11,13-15,17-19,24H2,1-2H3. The van der Waals surface area contributed by atoms with Crippen molar-refractivity contribution in [1.82, 2.24) is 28.9 Å². The molecule has 12 nitrogen and oxygen atoms in total. The van der Waals surface area contributed by atoms with E-state index < -0.39 is 0 Å². The van der Waals surface area contributed by atoms with E-state index in [-0.39, 0.29) is 18.6 Å². The van der Waals surface area contributed by atoms with Crippen LogP contribution in [-0.2, 0) is 24.8 Å². The lowest BCUT2D eigenvalue weighted by Crippen LogP contribution is -2.37. The zero-order valence-corrected chi connectivity index (χ0v) is 26.4. The number of ether oxygens (including phenoxy) is 4. The van der Waals surface area contributed by atoms with Gasteiger partial charge in [0.15, 0.2) is 23.0 Å². The van der Waals surface area contributed by atoms with Gasteiger partial charge in [-0.2, -0.15) is 0 Å². The fourth-order valence-corrected chi connectivity index (χ4v) is 5.86. The largest absolute Gasteiger partial charge is 0.493 e. The third kappa shape index (κ3) is 7.11. The van der Waals surface area contributed by atoms with Crippen LogP contribution in [0.1, 0.15) is 41.7 Å². The summed E-state index contributed by atoms with van der Waals surface area (Å²) >= 11 is 0. The highest BCUT2D eigenvalue weighted by molar-refractivity contribution is 5.92. The molecule has 2 aromatic heterocycles. The molecule has 2 aliphatic heterocycles. The van der Waals surface area contributed by atoms with Crippen molar-refractivity contribution in [2.45, 2.75) is 38.6 Å². The van der Waals surface area contributed by atoms with E-state index in [1.165, 1.54) is 0 Å². The summed E-state index contributed by atoms with van der Waals surface area (Å²) < 4.78 is 26.5. The van der Waals surface area contributed by atoms with E-state index in [9.17, 15) is 9.59 Å². The van der Waals surface area contributed by atoms with Crippen molar-refractivity contribution in [2.24, 2.45) is 7.05 Å². The van der Waals surface area contributed by atoms with Crippen LogP contribution in [0.5, 0.6) is 23.0 Å². The van der Waals surface area contributed by atoms with Crippen molar-refractivity contribution < 1.29 is 28.5 Å². The molecule has 2 aromatic carbocycles. The highest BCUT2D eigenvalue weighted by Gasteiger charge is 2.21. The van der Waals surface area contributed by atoms with Gasteiger partial charge in [-0.15, -0.1) is 0 Å². The first kappa shape index (κ1) is 31.0. The molecule has 0 spiro atoms. The van der Waals surface area contributed by atoms with Crippen LogP contribution in [0.4, 0.5) is 0 Å². The van der Waals surface area contributed by atoms with Gasteiger partial charge in [0.2, 0.25) is 12.7 Å². The van der Waals surface area contributed by atoms with Crippen molar-refractivity contribution in [2.75, 3.05) is 46.7 Å². The summed E-state index contributed by atoms with van der Waals surface area (Å²) in [5, 5.41) is 0. The Bertz CT molecular complexity index is 1670. The second-order valence-corrected chi connectivity index (χ2v) is 11.5. The lowest BCUT2D eigenvalue weighted by Gasteiger charge is -2.25. The number of hydrogen-bond acceptors (Lipinski definition) is 8. The van der Waals surface area contributed by atoms with Gasteiger partial charge in [-0.1, -0.05) is 6.07 Å². The van der Waals surface area contributed by atoms with Crippen LogP contribution in [0.15, 0.2) is 61.3 Å². The molecule has 12 heteroatoms. The van der Waals surface area contributed by atoms with Crippen LogP contribution in [0.25, 0.3) is 11.4 Å². The monoisotopic (exact) mass is 628 g/mol. The molecule has 2 amide bonds. The third-order valence-electron chi connectivity index (χ3n) is 8.42. The van der Waals surface area contributed by atoms with E-state index in [2.05, 4.69) is 9.97 Å². The average Bonchev–Trinajstić information content (AvgIpc) is 3.84. The zero-order valence-electron chi connectivity index (χ0n) is 26.4. The maximum Gasteiger partial charge on any atom is 0.272 e. The Hall–Kier alpha value is -5.00. The molecule has 4 heterocycles. The zero-order chi connectivity index (χ0) is 31.9. The number of aromatic nitrogens is 4. The van der Waals surface area contributed by atoms with Crippen LogP contribution < -0.4 is 18.9 Å². The quantitative estimate of drug-likeness (QED) is 0.324. The van der Waals surface area contributed by atoms with Crippen LogP contribution in [0.3, 0.4) is 0 Å². The molecule has 0 saturated carbocycles. The van der Waals surface area contributed by atoms with Crippen LogP contribution >= 0.6 is 0 Å². The predicted molar refractivity (Wildman–Crippen MR) is 170 cm³/mol. The van der Waals surface area contributed by atoms with E-state index in [0.29, 0.717) is 75.8 Å². The molecule has 0 atom stereocenters. The van der Waals surface area contributed by atoms with Crippen LogP contribution in [0.2, 0.25) is 0 Å². The van der Waals surface area contributed by atoms with Crippen molar-refractivity contribution >= 4 is 11.8 Å². The fraction of sp³-hybridized carbons (Fsp3) is 0.412. The molecule has 0 saturated heterocycles. The highest BCUT2D eigenvalue weighted by atomic mass is 16.7. The lowest BCUT2D eigenvalue weighted by molar-refractivity contribution is -0.131. The van der Waals surface area contributed by atoms with Gasteiger partial charge in [0.1, 0.15) is 11.5 Å². The van der Waals surface area contributed by atoms with Gasteiger partial charge in [0.25, 0.3) is 5.91 Å². The van der Waals surface area contributed by atoms with Gasteiger partial charge in [-0.25, -0.2) is 9.97 Å². The maximum atomic E-state index is 13.6. The van der Waals surface area contributed by atoms with Gasteiger partial charge < -0.3 is 37.9 Å². The Balaban J connectivity index is 1.20. The molecule has 242 valence electrons. The number of hydrogen-bond donors (Lipinski definition) is 0. The summed E-state index contributed by atoms with van der Waals surface area (Å²) in [5.74, 6) is 3.49. The van der Waals surface area contributed by atoms with E-state index in [1.54, 1.807) is 30.4 Å². The smallest absolute Gasteiger partial charge is 0.272 e. The molecule has 0 aliphatic carbocycles. The Morgan fingerprint density at radius 3 is 2.54 bits per heavy atom. The number of carbonyl (C=O) groups excluding carboxylic acids is 2. The first-order valence-corrected chi connectivity index (χ1v) is 15.7. The number of imidazole rings is 2. The summed E-state index contributed by atoms with van der Waals surface area (Å²) in [7, 11) is 3.44. The van der Waals surface area contributed by atoms with Gasteiger partial charge >= 0.3 is 0 Å². The third-order valence-corrected chi connectivity index (χ3v) is 8.42. The number of amides is 2. The van der Waals surface area contributed by atoms with Crippen LogP contribution in [0, 0.1) is 0 Å². The predicted octanol–water partition coefficient (Wildman–Crippen LogP) is 4.19.